The molecule has 146 valence electrons. The smallest absolute Gasteiger partial charge is 0.251 e. The Morgan fingerprint density at radius 1 is 0.931 bits per heavy atom. The lowest BCUT2D eigenvalue weighted by Gasteiger charge is -2.07. The van der Waals surface area contributed by atoms with E-state index in [0.717, 1.165) is 11.3 Å². The maximum absolute atomic E-state index is 13.0. The number of aromatic nitrogens is 1. The molecule has 0 fully saturated rings. The molecule has 5 heteroatoms. The molecule has 0 unspecified atom stereocenters. The van der Waals surface area contributed by atoms with Crippen LogP contribution in [0.5, 0.6) is 0 Å². The van der Waals surface area contributed by atoms with Gasteiger partial charge in [-0.15, -0.1) is 11.8 Å². The summed E-state index contributed by atoms with van der Waals surface area (Å²) in [4.78, 5) is 13.5. The van der Waals surface area contributed by atoms with Gasteiger partial charge in [0.25, 0.3) is 5.91 Å². The second-order valence-electron chi connectivity index (χ2n) is 6.74. The second kappa shape index (κ2) is 8.97. The van der Waals surface area contributed by atoms with E-state index in [4.69, 9.17) is 0 Å². The largest absolute Gasteiger partial charge is 0.350 e. The first-order chi connectivity index (χ1) is 14.2. The molecule has 0 atom stereocenters. The van der Waals surface area contributed by atoms with Crippen molar-refractivity contribution in [1.29, 1.82) is 0 Å². The summed E-state index contributed by atoms with van der Waals surface area (Å²) in [5, 5.41) is 4.13. The lowest BCUT2D eigenvalue weighted by molar-refractivity contribution is 0.0952. The second-order valence-corrected chi connectivity index (χ2v) is 7.76. The topological polar surface area (TPSA) is 34.0 Å². The molecular formula is C24H21FN2OS. The monoisotopic (exact) mass is 404 g/mol. The number of fused-ring (bicyclic) bond motifs is 1. The molecule has 0 radical (unpaired) electrons. The van der Waals surface area contributed by atoms with Crippen molar-refractivity contribution in [1.82, 2.24) is 9.88 Å². The third-order valence-corrected chi connectivity index (χ3v) is 5.85. The summed E-state index contributed by atoms with van der Waals surface area (Å²) in [6, 6.07) is 24.3. The molecule has 0 spiro atoms. The van der Waals surface area contributed by atoms with Crippen molar-refractivity contribution < 1.29 is 9.18 Å². The summed E-state index contributed by atoms with van der Waals surface area (Å²) in [6.07, 6.45) is 2.16. The van der Waals surface area contributed by atoms with Gasteiger partial charge in [0.1, 0.15) is 5.82 Å². The molecule has 29 heavy (non-hydrogen) atoms. The molecule has 0 aliphatic carbocycles. The summed E-state index contributed by atoms with van der Waals surface area (Å²) in [7, 11) is 0. The van der Waals surface area contributed by atoms with E-state index in [-0.39, 0.29) is 11.7 Å². The fourth-order valence-corrected chi connectivity index (χ4v) is 4.29. The van der Waals surface area contributed by atoms with Gasteiger partial charge >= 0.3 is 0 Å². The van der Waals surface area contributed by atoms with E-state index in [2.05, 4.69) is 58.5 Å². The van der Waals surface area contributed by atoms with Crippen LogP contribution >= 0.6 is 11.8 Å². The molecule has 1 aromatic heterocycles. The Hall–Kier alpha value is -3.05. The molecule has 1 N–H and O–H groups in total. The molecule has 0 saturated heterocycles. The molecule has 4 rings (SSSR count). The van der Waals surface area contributed by atoms with Crippen LogP contribution in [0, 0.1) is 5.82 Å². The van der Waals surface area contributed by atoms with Crippen molar-refractivity contribution >= 4 is 28.6 Å². The molecule has 0 aliphatic heterocycles. The van der Waals surface area contributed by atoms with Crippen LogP contribution in [-0.2, 0) is 12.3 Å². The standard InChI is InChI=1S/C24H21FN2OS/c25-20-12-10-19(11-13-20)24(28)26-14-15-27-16-23(21-8-4-5-9-22(21)27)29-17-18-6-2-1-3-7-18/h1-13,16H,14-15,17H2,(H,26,28). The lowest BCUT2D eigenvalue weighted by atomic mass is 10.2. The van der Waals surface area contributed by atoms with Gasteiger partial charge in [-0.2, -0.15) is 0 Å². The molecule has 0 aliphatic rings. The fourth-order valence-electron chi connectivity index (χ4n) is 3.24. The van der Waals surface area contributed by atoms with Gasteiger partial charge in [-0.25, -0.2) is 4.39 Å². The van der Waals surface area contributed by atoms with Crippen LogP contribution in [0.3, 0.4) is 0 Å². The van der Waals surface area contributed by atoms with E-state index in [0.29, 0.717) is 18.7 Å². The Morgan fingerprint density at radius 2 is 1.66 bits per heavy atom. The van der Waals surface area contributed by atoms with E-state index in [1.54, 1.807) is 0 Å². The molecule has 1 amide bonds. The maximum atomic E-state index is 13.0. The van der Waals surface area contributed by atoms with Crippen molar-refractivity contribution in [2.45, 2.75) is 17.2 Å². The number of hydrogen-bond acceptors (Lipinski definition) is 2. The summed E-state index contributed by atoms with van der Waals surface area (Å²) >= 11 is 1.82. The highest BCUT2D eigenvalue weighted by molar-refractivity contribution is 7.98. The van der Waals surface area contributed by atoms with E-state index in [1.807, 2.05) is 23.9 Å². The van der Waals surface area contributed by atoms with Crippen molar-refractivity contribution in [3.05, 3.63) is 102 Å². The SMILES string of the molecule is O=C(NCCn1cc(SCc2ccccc2)c2ccccc21)c1ccc(F)cc1. The zero-order valence-electron chi connectivity index (χ0n) is 15.8. The normalized spacial score (nSPS) is 10.9. The number of halogens is 1. The molecule has 3 nitrogen and oxygen atoms in total. The van der Waals surface area contributed by atoms with E-state index in [1.165, 1.54) is 40.1 Å². The number of thioether (sulfide) groups is 1. The van der Waals surface area contributed by atoms with Crippen LogP contribution < -0.4 is 5.32 Å². The number of carbonyl (C=O) groups excluding carboxylic acids is 1. The van der Waals surface area contributed by atoms with Gasteiger partial charge in [-0.05, 0) is 35.9 Å². The maximum Gasteiger partial charge on any atom is 0.251 e. The van der Waals surface area contributed by atoms with E-state index < -0.39 is 0 Å². The first-order valence-corrected chi connectivity index (χ1v) is 10.5. The van der Waals surface area contributed by atoms with Crippen LogP contribution in [0.15, 0.2) is 90.0 Å². The van der Waals surface area contributed by atoms with Gasteiger partial charge in [0.05, 0.1) is 0 Å². The first kappa shape index (κ1) is 19.3. The van der Waals surface area contributed by atoms with Crippen LogP contribution in [-0.4, -0.2) is 17.0 Å². The summed E-state index contributed by atoms with van der Waals surface area (Å²) < 4.78 is 15.2. The van der Waals surface area contributed by atoms with Crippen LogP contribution in [0.4, 0.5) is 4.39 Å². The van der Waals surface area contributed by atoms with Gasteiger partial charge in [0, 0.05) is 46.4 Å². The first-order valence-electron chi connectivity index (χ1n) is 9.49. The molecule has 0 saturated carbocycles. The summed E-state index contributed by atoms with van der Waals surface area (Å²) in [5.74, 6) is 0.372. The van der Waals surface area contributed by atoms with Crippen molar-refractivity contribution in [3.8, 4) is 0 Å². The Morgan fingerprint density at radius 3 is 2.45 bits per heavy atom. The fraction of sp³-hybridized carbons (Fsp3) is 0.125. The van der Waals surface area contributed by atoms with E-state index >= 15 is 0 Å². The van der Waals surface area contributed by atoms with Gasteiger partial charge < -0.3 is 9.88 Å². The molecule has 3 aromatic carbocycles. The van der Waals surface area contributed by atoms with Crippen LogP contribution in [0.2, 0.25) is 0 Å². The van der Waals surface area contributed by atoms with Crippen LogP contribution in [0.25, 0.3) is 10.9 Å². The Bertz CT molecular complexity index is 1110. The Balaban J connectivity index is 1.43. The number of nitrogens with zero attached hydrogens (tertiary/aromatic N) is 1. The Labute approximate surface area is 173 Å². The number of amides is 1. The molecule has 0 bridgehead atoms. The zero-order valence-corrected chi connectivity index (χ0v) is 16.7. The van der Waals surface area contributed by atoms with Gasteiger partial charge in [0.15, 0.2) is 0 Å². The molecule has 4 aromatic rings. The number of nitrogens with one attached hydrogen (secondary N) is 1. The third kappa shape index (κ3) is 4.69. The predicted octanol–water partition coefficient (Wildman–Crippen LogP) is 5.50. The minimum Gasteiger partial charge on any atom is -0.350 e. The molecular weight excluding hydrogens is 383 g/mol. The minimum absolute atomic E-state index is 0.194. The minimum atomic E-state index is -0.346. The van der Waals surface area contributed by atoms with E-state index in [9.17, 15) is 9.18 Å². The van der Waals surface area contributed by atoms with Gasteiger partial charge in [0.2, 0.25) is 0 Å². The summed E-state index contributed by atoms with van der Waals surface area (Å²) in [5.41, 5.74) is 2.91. The number of benzene rings is 3. The third-order valence-electron chi connectivity index (χ3n) is 4.73. The zero-order chi connectivity index (χ0) is 20.1. The van der Waals surface area contributed by atoms with Crippen molar-refractivity contribution in [3.63, 3.8) is 0 Å². The highest BCUT2D eigenvalue weighted by Gasteiger charge is 2.10. The Kier molecular flexibility index (Phi) is 5.96. The number of rotatable bonds is 7. The lowest BCUT2D eigenvalue weighted by Crippen LogP contribution is -2.27. The van der Waals surface area contributed by atoms with Gasteiger partial charge in [-0.1, -0.05) is 48.5 Å². The predicted molar refractivity (Wildman–Crippen MR) is 117 cm³/mol. The van der Waals surface area contributed by atoms with Crippen molar-refractivity contribution in [2.75, 3.05) is 6.54 Å². The number of carbonyl (C=O) groups is 1. The van der Waals surface area contributed by atoms with Crippen LogP contribution in [0.1, 0.15) is 15.9 Å². The highest BCUT2D eigenvalue weighted by atomic mass is 32.2. The molecule has 1 heterocycles. The average molecular weight is 405 g/mol. The average Bonchev–Trinajstić information content (AvgIpc) is 3.11. The number of para-hydroxylation sites is 1. The van der Waals surface area contributed by atoms with Gasteiger partial charge in [-0.3, -0.25) is 4.79 Å². The number of hydrogen-bond donors (Lipinski definition) is 1. The van der Waals surface area contributed by atoms with Crippen molar-refractivity contribution in [2.24, 2.45) is 0 Å². The highest BCUT2D eigenvalue weighted by Crippen LogP contribution is 2.32. The quantitative estimate of drug-likeness (QED) is 0.413. The summed E-state index contributed by atoms with van der Waals surface area (Å²) in [6.45, 7) is 1.16.